The monoisotopic (exact) mass is 384 g/mol. The molecule has 1 aliphatic carbocycles. The Labute approximate surface area is 151 Å². The number of amides is 1. The molecule has 0 unspecified atom stereocenters. The number of ether oxygens (including phenoxy) is 1. The van der Waals surface area contributed by atoms with Gasteiger partial charge in [0.2, 0.25) is 21.8 Å². The number of piperidine rings is 1. The molecule has 0 aromatic carbocycles. The SMILES string of the molecule is CNC(=O)[C@@]12C[C@@H]1CN(S(=O)(=O)c1ccc(OC/C(=C\F)CN)nc1)C2. The van der Waals surface area contributed by atoms with Crippen molar-refractivity contribution in [2.45, 2.75) is 11.3 Å². The van der Waals surface area contributed by atoms with Crippen LogP contribution in [0.4, 0.5) is 4.39 Å². The highest BCUT2D eigenvalue weighted by Gasteiger charge is 2.66. The lowest BCUT2D eigenvalue weighted by Gasteiger charge is -2.20. The lowest BCUT2D eigenvalue weighted by molar-refractivity contribution is -0.125. The second-order valence-electron chi connectivity index (χ2n) is 6.53. The molecule has 1 aromatic rings. The minimum Gasteiger partial charge on any atom is -0.473 e. The van der Waals surface area contributed by atoms with E-state index in [1.807, 2.05) is 0 Å². The van der Waals surface area contributed by atoms with Crippen molar-refractivity contribution >= 4 is 15.9 Å². The third-order valence-electron chi connectivity index (χ3n) is 4.96. The summed E-state index contributed by atoms with van der Waals surface area (Å²) in [6.45, 7) is 0.467. The number of hydrogen-bond donors (Lipinski definition) is 2. The average molecular weight is 384 g/mol. The van der Waals surface area contributed by atoms with E-state index < -0.39 is 15.4 Å². The maximum Gasteiger partial charge on any atom is 0.244 e. The minimum atomic E-state index is -3.73. The first-order chi connectivity index (χ1) is 12.4. The molecule has 2 atom stereocenters. The van der Waals surface area contributed by atoms with Gasteiger partial charge in [0.05, 0.1) is 17.9 Å². The van der Waals surface area contributed by atoms with Gasteiger partial charge in [-0.1, -0.05) is 0 Å². The maximum absolute atomic E-state index is 12.8. The number of nitrogens with zero attached hydrogens (tertiary/aromatic N) is 2. The molecule has 1 saturated carbocycles. The Morgan fingerprint density at radius 3 is 2.92 bits per heavy atom. The van der Waals surface area contributed by atoms with E-state index in [2.05, 4.69) is 10.3 Å². The number of fused-ring (bicyclic) bond motifs is 1. The Morgan fingerprint density at radius 1 is 1.58 bits per heavy atom. The van der Waals surface area contributed by atoms with Gasteiger partial charge in [-0.15, -0.1) is 0 Å². The molecule has 1 amide bonds. The molecule has 0 radical (unpaired) electrons. The third-order valence-corrected chi connectivity index (χ3v) is 6.76. The van der Waals surface area contributed by atoms with Crippen LogP contribution in [0, 0.1) is 11.3 Å². The van der Waals surface area contributed by atoms with E-state index in [0.29, 0.717) is 12.9 Å². The number of carbonyl (C=O) groups is 1. The number of rotatable bonds is 7. The van der Waals surface area contributed by atoms with Gasteiger partial charge in [-0.05, 0) is 18.4 Å². The Hall–Kier alpha value is -2.04. The fourth-order valence-corrected chi connectivity index (χ4v) is 4.78. The summed E-state index contributed by atoms with van der Waals surface area (Å²) in [6, 6.07) is 2.79. The van der Waals surface area contributed by atoms with E-state index in [4.69, 9.17) is 10.5 Å². The number of hydrogen-bond acceptors (Lipinski definition) is 6. The van der Waals surface area contributed by atoms with Crippen LogP contribution in [-0.4, -0.2) is 56.9 Å². The number of aromatic nitrogens is 1. The molecular formula is C16H21FN4O4S. The Morgan fingerprint density at radius 2 is 2.35 bits per heavy atom. The molecule has 1 aromatic heterocycles. The Balaban J connectivity index is 1.68. The van der Waals surface area contributed by atoms with E-state index in [-0.39, 0.29) is 47.9 Å². The van der Waals surface area contributed by atoms with Crippen molar-refractivity contribution in [1.82, 2.24) is 14.6 Å². The van der Waals surface area contributed by atoms with Gasteiger partial charge in [-0.2, -0.15) is 4.31 Å². The van der Waals surface area contributed by atoms with E-state index in [0.717, 1.165) is 6.42 Å². The summed E-state index contributed by atoms with van der Waals surface area (Å²) in [7, 11) is -2.18. The van der Waals surface area contributed by atoms with Crippen LogP contribution in [0.1, 0.15) is 6.42 Å². The molecule has 26 heavy (non-hydrogen) atoms. The van der Waals surface area contributed by atoms with E-state index >= 15 is 0 Å². The molecule has 2 fully saturated rings. The lowest BCUT2D eigenvalue weighted by Crippen LogP contribution is -2.37. The van der Waals surface area contributed by atoms with Gasteiger partial charge in [0, 0.05) is 38.3 Å². The summed E-state index contributed by atoms with van der Waals surface area (Å²) >= 11 is 0. The summed E-state index contributed by atoms with van der Waals surface area (Å²) in [5.74, 6) is 0.122. The zero-order valence-electron chi connectivity index (χ0n) is 14.3. The minimum absolute atomic E-state index is 0.0200. The first-order valence-electron chi connectivity index (χ1n) is 8.17. The first kappa shape index (κ1) is 18.7. The summed E-state index contributed by atoms with van der Waals surface area (Å²) in [4.78, 5) is 16.0. The molecule has 3 N–H and O–H groups in total. The molecular weight excluding hydrogens is 363 g/mol. The first-order valence-corrected chi connectivity index (χ1v) is 9.61. The number of pyridine rings is 1. The van der Waals surface area contributed by atoms with Crippen LogP contribution in [0.2, 0.25) is 0 Å². The summed E-state index contributed by atoms with van der Waals surface area (Å²) in [6.07, 6.45) is 2.29. The van der Waals surface area contributed by atoms with Crippen LogP contribution in [-0.2, 0) is 14.8 Å². The Kier molecular flexibility index (Phi) is 5.00. The fraction of sp³-hybridized carbons (Fsp3) is 0.500. The zero-order chi connectivity index (χ0) is 18.9. The molecule has 8 nitrogen and oxygen atoms in total. The molecule has 2 aliphatic rings. The van der Waals surface area contributed by atoms with Crippen molar-refractivity contribution in [3.63, 3.8) is 0 Å². The van der Waals surface area contributed by atoms with Gasteiger partial charge in [-0.3, -0.25) is 4.79 Å². The van der Waals surface area contributed by atoms with Crippen LogP contribution in [0.3, 0.4) is 0 Å². The van der Waals surface area contributed by atoms with Gasteiger partial charge in [0.25, 0.3) is 0 Å². The maximum atomic E-state index is 12.8. The topological polar surface area (TPSA) is 115 Å². The number of nitrogens with one attached hydrogen (secondary N) is 1. The Bertz CT molecular complexity index is 827. The van der Waals surface area contributed by atoms with Crippen molar-refractivity contribution in [3.8, 4) is 5.88 Å². The van der Waals surface area contributed by atoms with Crippen LogP contribution in [0.5, 0.6) is 5.88 Å². The van der Waals surface area contributed by atoms with Crippen LogP contribution < -0.4 is 15.8 Å². The van der Waals surface area contributed by atoms with Gasteiger partial charge in [-0.25, -0.2) is 17.8 Å². The van der Waals surface area contributed by atoms with Gasteiger partial charge < -0.3 is 15.8 Å². The average Bonchev–Trinajstić information content (AvgIpc) is 3.23. The van der Waals surface area contributed by atoms with Crippen LogP contribution in [0.15, 0.2) is 35.1 Å². The molecule has 1 aliphatic heterocycles. The van der Waals surface area contributed by atoms with Crippen LogP contribution >= 0.6 is 0 Å². The predicted molar refractivity (Wildman–Crippen MR) is 91.3 cm³/mol. The van der Waals surface area contributed by atoms with Crippen molar-refractivity contribution in [1.29, 1.82) is 0 Å². The smallest absolute Gasteiger partial charge is 0.244 e. The summed E-state index contributed by atoms with van der Waals surface area (Å²) in [5, 5.41) is 2.61. The fourth-order valence-electron chi connectivity index (χ4n) is 3.28. The predicted octanol–water partition coefficient (Wildman–Crippen LogP) is 0.0291. The van der Waals surface area contributed by atoms with Gasteiger partial charge in [0.15, 0.2) is 0 Å². The number of nitrogens with two attached hydrogens (primary N) is 1. The molecule has 1 saturated heterocycles. The highest BCUT2D eigenvalue weighted by molar-refractivity contribution is 7.89. The second kappa shape index (κ2) is 6.93. The summed E-state index contributed by atoms with van der Waals surface area (Å²) in [5.41, 5.74) is 5.01. The van der Waals surface area contributed by atoms with Gasteiger partial charge in [0.1, 0.15) is 11.5 Å². The van der Waals surface area contributed by atoms with Crippen molar-refractivity contribution in [3.05, 3.63) is 30.2 Å². The largest absolute Gasteiger partial charge is 0.473 e. The van der Waals surface area contributed by atoms with Gasteiger partial charge >= 0.3 is 0 Å². The second-order valence-corrected chi connectivity index (χ2v) is 8.46. The molecule has 2 heterocycles. The lowest BCUT2D eigenvalue weighted by atomic mass is 10.1. The highest BCUT2D eigenvalue weighted by atomic mass is 32.2. The molecule has 0 bridgehead atoms. The van der Waals surface area contributed by atoms with Crippen molar-refractivity contribution < 1.29 is 22.3 Å². The number of halogens is 1. The van der Waals surface area contributed by atoms with E-state index in [1.54, 1.807) is 7.05 Å². The zero-order valence-corrected chi connectivity index (χ0v) is 15.1. The normalized spacial score (nSPS) is 25.7. The standard InChI is InChI=1S/C16H21FN4O4S/c1-19-15(22)16-4-12(16)8-21(10-16)26(23,24)13-2-3-14(20-7-13)25-9-11(5-17)6-18/h2-3,5,7,12H,4,6,8-10,18H2,1H3,(H,19,22)/b11-5-/t12-,16-/m1/s1. The van der Waals surface area contributed by atoms with E-state index in [9.17, 15) is 17.6 Å². The molecule has 10 heteroatoms. The molecule has 142 valence electrons. The quantitative estimate of drug-likeness (QED) is 0.685. The highest BCUT2D eigenvalue weighted by Crippen LogP contribution is 2.58. The third kappa shape index (κ3) is 3.19. The van der Waals surface area contributed by atoms with Crippen molar-refractivity contribution in [2.75, 3.05) is 33.3 Å². The molecule has 3 rings (SSSR count). The number of sulfonamides is 1. The van der Waals surface area contributed by atoms with Crippen molar-refractivity contribution in [2.24, 2.45) is 17.1 Å². The van der Waals surface area contributed by atoms with E-state index in [1.165, 1.54) is 22.6 Å². The van der Waals surface area contributed by atoms with Crippen LogP contribution in [0.25, 0.3) is 0 Å². The summed E-state index contributed by atoms with van der Waals surface area (Å²) < 4.78 is 44.6. The molecule has 0 spiro atoms. The number of carbonyl (C=O) groups excluding carboxylic acids is 1.